The minimum atomic E-state index is -0.717. The number of carbonyl (C=O) groups is 1. The molecule has 0 aliphatic carbocycles. The molecular formula is C16H20O5. The molecule has 0 aromatic heterocycles. The molecule has 5 heteroatoms. The highest BCUT2D eigenvalue weighted by Crippen LogP contribution is 2.39. The zero-order chi connectivity index (χ0) is 15.0. The van der Waals surface area contributed by atoms with Crippen LogP contribution >= 0.6 is 0 Å². The van der Waals surface area contributed by atoms with E-state index in [4.69, 9.17) is 18.9 Å². The Morgan fingerprint density at radius 3 is 2.62 bits per heavy atom. The maximum Gasteiger partial charge on any atom is 0.190 e. The van der Waals surface area contributed by atoms with Gasteiger partial charge in [0.15, 0.2) is 17.9 Å². The Labute approximate surface area is 124 Å². The van der Waals surface area contributed by atoms with E-state index in [1.807, 2.05) is 44.2 Å². The smallest absolute Gasteiger partial charge is 0.190 e. The van der Waals surface area contributed by atoms with Crippen LogP contribution in [0.4, 0.5) is 0 Å². The lowest BCUT2D eigenvalue weighted by Crippen LogP contribution is -2.39. The van der Waals surface area contributed by atoms with Gasteiger partial charge in [-0.1, -0.05) is 30.3 Å². The maximum atomic E-state index is 11.7. The van der Waals surface area contributed by atoms with Crippen LogP contribution in [-0.4, -0.2) is 36.2 Å². The highest BCUT2D eigenvalue weighted by Gasteiger charge is 2.56. The molecule has 0 spiro atoms. The fourth-order valence-electron chi connectivity index (χ4n) is 2.76. The van der Waals surface area contributed by atoms with Crippen LogP contribution in [0.25, 0.3) is 0 Å². The molecule has 5 nitrogen and oxygen atoms in total. The minimum absolute atomic E-state index is 0.0764. The fourth-order valence-corrected chi connectivity index (χ4v) is 2.76. The quantitative estimate of drug-likeness (QED) is 0.850. The minimum Gasteiger partial charge on any atom is -0.367 e. The fraction of sp³-hybridized carbons (Fsp3) is 0.562. The Balaban J connectivity index is 1.72. The Morgan fingerprint density at radius 1 is 1.24 bits per heavy atom. The number of fused-ring (bicyclic) bond motifs is 1. The van der Waals surface area contributed by atoms with Crippen molar-refractivity contribution in [2.75, 3.05) is 0 Å². The topological polar surface area (TPSA) is 54.0 Å². The van der Waals surface area contributed by atoms with Gasteiger partial charge in [-0.2, -0.15) is 0 Å². The van der Waals surface area contributed by atoms with E-state index in [1.165, 1.54) is 6.92 Å². The van der Waals surface area contributed by atoms with Gasteiger partial charge in [0.05, 0.1) is 6.61 Å². The monoisotopic (exact) mass is 292 g/mol. The van der Waals surface area contributed by atoms with Crippen LogP contribution in [0.5, 0.6) is 0 Å². The molecule has 0 radical (unpaired) electrons. The van der Waals surface area contributed by atoms with Crippen molar-refractivity contribution < 1.29 is 23.7 Å². The van der Waals surface area contributed by atoms with Crippen LogP contribution in [0, 0.1) is 0 Å². The van der Waals surface area contributed by atoms with Crippen molar-refractivity contribution in [2.24, 2.45) is 0 Å². The summed E-state index contributed by atoms with van der Waals surface area (Å²) in [5, 5.41) is 0. The van der Waals surface area contributed by atoms with Crippen LogP contribution in [0.2, 0.25) is 0 Å². The SMILES string of the molecule is CC(=O)[C@@H]1O[C@@H]2OC(C)(C)O[C@@H]2[C@H]1OCc1ccccc1. The molecule has 21 heavy (non-hydrogen) atoms. The molecule has 114 valence electrons. The molecular weight excluding hydrogens is 272 g/mol. The van der Waals surface area contributed by atoms with Crippen molar-refractivity contribution in [1.29, 1.82) is 0 Å². The zero-order valence-corrected chi connectivity index (χ0v) is 12.4. The van der Waals surface area contributed by atoms with Crippen molar-refractivity contribution in [3.8, 4) is 0 Å². The first kappa shape index (κ1) is 14.7. The zero-order valence-electron chi connectivity index (χ0n) is 12.4. The molecule has 0 unspecified atom stereocenters. The van der Waals surface area contributed by atoms with Crippen molar-refractivity contribution in [2.45, 2.75) is 57.8 Å². The van der Waals surface area contributed by atoms with Crippen molar-refractivity contribution in [1.82, 2.24) is 0 Å². The van der Waals surface area contributed by atoms with Crippen LogP contribution < -0.4 is 0 Å². The van der Waals surface area contributed by atoms with Gasteiger partial charge in [0.25, 0.3) is 0 Å². The number of hydrogen-bond donors (Lipinski definition) is 0. The summed E-state index contributed by atoms with van der Waals surface area (Å²) < 4.78 is 23.1. The number of rotatable bonds is 4. The Kier molecular flexibility index (Phi) is 3.84. The van der Waals surface area contributed by atoms with Gasteiger partial charge in [0.2, 0.25) is 0 Å². The third-order valence-electron chi connectivity index (χ3n) is 3.68. The van der Waals surface area contributed by atoms with Crippen LogP contribution in [0.1, 0.15) is 26.3 Å². The molecule has 3 rings (SSSR count). The maximum absolute atomic E-state index is 11.7. The number of benzene rings is 1. The third-order valence-corrected chi connectivity index (χ3v) is 3.68. The van der Waals surface area contributed by atoms with Gasteiger partial charge in [-0.25, -0.2) is 0 Å². The normalized spacial score (nSPS) is 33.9. The molecule has 0 saturated carbocycles. The van der Waals surface area contributed by atoms with E-state index in [9.17, 15) is 4.79 Å². The lowest BCUT2D eigenvalue weighted by Gasteiger charge is -2.24. The summed E-state index contributed by atoms with van der Waals surface area (Å²) in [4.78, 5) is 11.7. The highest BCUT2D eigenvalue weighted by atomic mass is 16.8. The predicted octanol–water partition coefficient (Wildman–Crippen LogP) is 2.04. The van der Waals surface area contributed by atoms with E-state index in [-0.39, 0.29) is 11.9 Å². The van der Waals surface area contributed by atoms with E-state index >= 15 is 0 Å². The molecule has 2 fully saturated rings. The summed E-state index contributed by atoms with van der Waals surface area (Å²) in [6, 6.07) is 9.81. The number of hydrogen-bond acceptors (Lipinski definition) is 5. The summed E-state index contributed by atoms with van der Waals surface area (Å²) in [7, 11) is 0. The summed E-state index contributed by atoms with van der Waals surface area (Å²) >= 11 is 0. The van der Waals surface area contributed by atoms with Gasteiger partial charge in [-0.3, -0.25) is 4.79 Å². The molecule has 0 amide bonds. The number of ether oxygens (including phenoxy) is 4. The summed E-state index contributed by atoms with van der Waals surface area (Å²) in [5.41, 5.74) is 1.04. The molecule has 2 heterocycles. The molecule has 1 aromatic rings. The number of Topliss-reactive ketones (excluding diaryl/α,β-unsaturated/α-hetero) is 1. The van der Waals surface area contributed by atoms with Gasteiger partial charge < -0.3 is 18.9 Å². The molecule has 0 N–H and O–H groups in total. The van der Waals surface area contributed by atoms with Crippen molar-refractivity contribution in [3.05, 3.63) is 35.9 Å². The van der Waals surface area contributed by atoms with Crippen molar-refractivity contribution >= 4 is 5.78 Å². The molecule has 2 saturated heterocycles. The van der Waals surface area contributed by atoms with Gasteiger partial charge in [-0.05, 0) is 26.3 Å². The van der Waals surface area contributed by atoms with E-state index in [2.05, 4.69) is 0 Å². The summed E-state index contributed by atoms with van der Waals surface area (Å²) in [6.07, 6.45) is -2.01. The van der Waals surface area contributed by atoms with E-state index < -0.39 is 24.3 Å². The third kappa shape index (κ3) is 3.01. The van der Waals surface area contributed by atoms with Crippen molar-refractivity contribution in [3.63, 3.8) is 0 Å². The summed E-state index contributed by atoms with van der Waals surface area (Å²) in [5.74, 6) is -0.793. The van der Waals surface area contributed by atoms with E-state index in [1.54, 1.807) is 0 Å². The Morgan fingerprint density at radius 2 is 1.95 bits per heavy atom. The lowest BCUT2D eigenvalue weighted by atomic mass is 10.1. The van der Waals surface area contributed by atoms with E-state index in [0.717, 1.165) is 5.56 Å². The first-order valence-electron chi connectivity index (χ1n) is 7.13. The lowest BCUT2D eigenvalue weighted by molar-refractivity contribution is -0.218. The van der Waals surface area contributed by atoms with Crippen LogP contribution in [-0.2, 0) is 30.3 Å². The average Bonchev–Trinajstić information content (AvgIpc) is 2.90. The molecule has 0 bridgehead atoms. The Hall–Kier alpha value is -1.27. The molecule has 1 aromatic carbocycles. The standard InChI is InChI=1S/C16H20O5/c1-10(17)12-13(18-9-11-7-5-4-6-8-11)14-15(19-12)21-16(2,3)20-14/h4-8,12-15H,9H2,1-3H3/t12-,13-,14+,15+/m0/s1. The van der Waals surface area contributed by atoms with Crippen LogP contribution in [0.15, 0.2) is 30.3 Å². The average molecular weight is 292 g/mol. The second-order valence-corrected chi connectivity index (χ2v) is 5.90. The van der Waals surface area contributed by atoms with Gasteiger partial charge in [-0.15, -0.1) is 0 Å². The second kappa shape index (κ2) is 5.50. The number of ketones is 1. The summed E-state index contributed by atoms with van der Waals surface area (Å²) in [6.45, 7) is 5.55. The Bertz CT molecular complexity index is 513. The first-order valence-corrected chi connectivity index (χ1v) is 7.13. The van der Waals surface area contributed by atoms with Crippen LogP contribution in [0.3, 0.4) is 0 Å². The van der Waals surface area contributed by atoms with Gasteiger partial charge in [0.1, 0.15) is 18.3 Å². The number of carbonyl (C=O) groups excluding carboxylic acids is 1. The van der Waals surface area contributed by atoms with Gasteiger partial charge >= 0.3 is 0 Å². The largest absolute Gasteiger partial charge is 0.367 e. The second-order valence-electron chi connectivity index (χ2n) is 5.90. The molecule has 2 aliphatic heterocycles. The van der Waals surface area contributed by atoms with Gasteiger partial charge in [0, 0.05) is 0 Å². The van der Waals surface area contributed by atoms with E-state index in [0.29, 0.717) is 6.61 Å². The molecule has 4 atom stereocenters. The first-order chi connectivity index (χ1) is 9.96. The highest BCUT2D eigenvalue weighted by molar-refractivity contribution is 5.81. The predicted molar refractivity (Wildman–Crippen MR) is 74.4 cm³/mol. The molecule has 2 aliphatic rings.